The van der Waals surface area contributed by atoms with Gasteiger partial charge in [0.05, 0.1) is 0 Å². The highest BCUT2D eigenvalue weighted by atomic mass is 16.5. The molecule has 126 valence electrons. The third kappa shape index (κ3) is 5.67. The Morgan fingerprint density at radius 2 is 1.78 bits per heavy atom. The van der Waals surface area contributed by atoms with Crippen molar-refractivity contribution in [2.24, 2.45) is 5.92 Å². The molecule has 0 bridgehead atoms. The zero-order valence-corrected chi connectivity index (χ0v) is 13.7. The summed E-state index contributed by atoms with van der Waals surface area (Å²) in [4.78, 5) is 24.0. The number of ether oxygens (including phenoxy) is 1. The van der Waals surface area contributed by atoms with Crippen molar-refractivity contribution < 1.29 is 14.3 Å². The Morgan fingerprint density at radius 3 is 2.43 bits per heavy atom. The molecule has 5 heteroatoms. The first kappa shape index (κ1) is 17.5. The highest BCUT2D eigenvalue weighted by Gasteiger charge is 2.20. The Bertz CT molecular complexity index is 498. The molecule has 23 heavy (non-hydrogen) atoms. The lowest BCUT2D eigenvalue weighted by Crippen LogP contribution is -2.37. The highest BCUT2D eigenvalue weighted by molar-refractivity contribution is 5.82. The summed E-state index contributed by atoms with van der Waals surface area (Å²) in [5, 5.41) is 5.67. The van der Waals surface area contributed by atoms with E-state index < -0.39 is 6.10 Å². The molecular formula is C18H26N2O3. The first-order chi connectivity index (χ1) is 11.2. The zero-order chi connectivity index (χ0) is 16.5. The van der Waals surface area contributed by atoms with Crippen molar-refractivity contribution in [1.82, 2.24) is 10.6 Å². The lowest BCUT2D eigenvalue weighted by Gasteiger charge is -2.16. The van der Waals surface area contributed by atoms with Gasteiger partial charge >= 0.3 is 0 Å². The van der Waals surface area contributed by atoms with Crippen molar-refractivity contribution in [2.75, 3.05) is 20.2 Å². The molecule has 1 aromatic rings. The van der Waals surface area contributed by atoms with Gasteiger partial charge in [-0.1, -0.05) is 43.2 Å². The molecule has 0 aromatic heterocycles. The summed E-state index contributed by atoms with van der Waals surface area (Å²) in [5.74, 6) is 0.432. The van der Waals surface area contributed by atoms with Crippen LogP contribution in [-0.2, 0) is 14.3 Å². The van der Waals surface area contributed by atoms with E-state index in [-0.39, 0.29) is 11.8 Å². The maximum atomic E-state index is 12.1. The average Bonchev–Trinajstić information content (AvgIpc) is 3.06. The summed E-state index contributed by atoms with van der Waals surface area (Å²) in [5.41, 5.74) is 0.817. The van der Waals surface area contributed by atoms with Gasteiger partial charge in [0.15, 0.2) is 6.10 Å². The molecule has 0 aliphatic heterocycles. The van der Waals surface area contributed by atoms with Crippen LogP contribution in [0.3, 0.4) is 0 Å². The Kier molecular flexibility index (Phi) is 7.07. The molecule has 1 aliphatic carbocycles. The zero-order valence-electron chi connectivity index (χ0n) is 13.7. The molecule has 1 saturated carbocycles. The van der Waals surface area contributed by atoms with Gasteiger partial charge in [0.25, 0.3) is 5.91 Å². The lowest BCUT2D eigenvalue weighted by atomic mass is 10.0. The molecule has 0 unspecified atom stereocenters. The predicted octanol–water partition coefficient (Wildman–Crippen LogP) is 2.19. The average molecular weight is 318 g/mol. The topological polar surface area (TPSA) is 67.4 Å². The summed E-state index contributed by atoms with van der Waals surface area (Å²) in [7, 11) is 1.51. The van der Waals surface area contributed by atoms with Crippen LogP contribution in [0, 0.1) is 5.92 Å². The van der Waals surface area contributed by atoms with Crippen molar-refractivity contribution in [3.05, 3.63) is 35.9 Å². The molecule has 1 atom stereocenters. The van der Waals surface area contributed by atoms with Crippen LogP contribution in [-0.4, -0.2) is 32.0 Å². The number of carbonyl (C=O) groups excluding carboxylic acids is 2. The van der Waals surface area contributed by atoms with Gasteiger partial charge in [-0.05, 0) is 24.3 Å². The molecule has 1 fully saturated rings. The van der Waals surface area contributed by atoms with Crippen LogP contribution >= 0.6 is 0 Å². The highest BCUT2D eigenvalue weighted by Crippen LogP contribution is 2.27. The van der Waals surface area contributed by atoms with Crippen molar-refractivity contribution in [3.63, 3.8) is 0 Å². The van der Waals surface area contributed by atoms with Crippen molar-refractivity contribution in [1.29, 1.82) is 0 Å². The number of nitrogens with one attached hydrogen (secondary N) is 2. The molecule has 2 rings (SSSR count). The standard InChI is InChI=1S/C18H26N2O3/c1-23-17(15-9-3-2-4-10-15)18(22)20-12-11-19-16(21)13-14-7-5-6-8-14/h2-4,9-10,14,17H,5-8,11-13H2,1H3,(H,19,21)(H,20,22)/t17-/m1/s1. The fraction of sp³-hybridized carbons (Fsp3) is 0.556. The van der Waals surface area contributed by atoms with E-state index in [1.165, 1.54) is 20.0 Å². The van der Waals surface area contributed by atoms with E-state index in [9.17, 15) is 9.59 Å². The van der Waals surface area contributed by atoms with Crippen LogP contribution in [0.5, 0.6) is 0 Å². The second-order valence-corrected chi connectivity index (χ2v) is 6.02. The Labute approximate surface area is 137 Å². The normalized spacial score (nSPS) is 16.0. The summed E-state index contributed by atoms with van der Waals surface area (Å²) in [6.45, 7) is 0.852. The van der Waals surface area contributed by atoms with E-state index in [1.807, 2.05) is 30.3 Å². The summed E-state index contributed by atoms with van der Waals surface area (Å²) in [6.07, 6.45) is 4.80. The molecule has 2 amide bonds. The second-order valence-electron chi connectivity index (χ2n) is 6.02. The quantitative estimate of drug-likeness (QED) is 0.722. The third-order valence-corrected chi connectivity index (χ3v) is 4.27. The SMILES string of the molecule is CO[C@@H](C(=O)NCCNC(=O)CC1CCCC1)c1ccccc1. The number of methoxy groups -OCH3 is 1. The van der Waals surface area contributed by atoms with E-state index in [2.05, 4.69) is 10.6 Å². The number of benzene rings is 1. The molecule has 1 aliphatic rings. The molecule has 0 saturated heterocycles. The van der Waals surface area contributed by atoms with Crippen molar-refractivity contribution >= 4 is 11.8 Å². The number of rotatable bonds is 8. The van der Waals surface area contributed by atoms with Crippen molar-refractivity contribution in [2.45, 2.75) is 38.2 Å². The van der Waals surface area contributed by atoms with E-state index >= 15 is 0 Å². The maximum absolute atomic E-state index is 12.1. The van der Waals surface area contributed by atoms with Crippen LogP contribution in [0.2, 0.25) is 0 Å². The predicted molar refractivity (Wildman–Crippen MR) is 88.8 cm³/mol. The lowest BCUT2D eigenvalue weighted by molar-refractivity contribution is -0.131. The number of amides is 2. The van der Waals surface area contributed by atoms with Gasteiger partial charge in [0.2, 0.25) is 5.91 Å². The summed E-state index contributed by atoms with van der Waals surface area (Å²) >= 11 is 0. The summed E-state index contributed by atoms with van der Waals surface area (Å²) < 4.78 is 5.27. The largest absolute Gasteiger partial charge is 0.367 e. The van der Waals surface area contributed by atoms with Crippen LogP contribution in [0.4, 0.5) is 0 Å². The fourth-order valence-electron chi connectivity index (χ4n) is 3.05. The molecule has 5 nitrogen and oxygen atoms in total. The number of hydrogen-bond donors (Lipinski definition) is 2. The first-order valence-corrected chi connectivity index (χ1v) is 8.33. The molecule has 0 spiro atoms. The van der Waals surface area contributed by atoms with Gasteiger partial charge in [0.1, 0.15) is 0 Å². The molecule has 1 aromatic carbocycles. The Morgan fingerprint density at radius 1 is 1.13 bits per heavy atom. The smallest absolute Gasteiger partial charge is 0.253 e. The monoisotopic (exact) mass is 318 g/mol. The van der Waals surface area contributed by atoms with Gasteiger partial charge in [-0.15, -0.1) is 0 Å². The van der Waals surface area contributed by atoms with Crippen LogP contribution < -0.4 is 10.6 Å². The number of hydrogen-bond acceptors (Lipinski definition) is 3. The minimum absolute atomic E-state index is 0.0810. The van der Waals surface area contributed by atoms with Crippen LogP contribution in [0.15, 0.2) is 30.3 Å². The van der Waals surface area contributed by atoms with E-state index in [4.69, 9.17) is 4.74 Å². The third-order valence-electron chi connectivity index (χ3n) is 4.27. The minimum Gasteiger partial charge on any atom is -0.367 e. The van der Waals surface area contributed by atoms with Gasteiger partial charge < -0.3 is 15.4 Å². The molecule has 2 N–H and O–H groups in total. The van der Waals surface area contributed by atoms with Gasteiger partial charge in [-0.2, -0.15) is 0 Å². The van der Waals surface area contributed by atoms with E-state index in [1.54, 1.807) is 0 Å². The van der Waals surface area contributed by atoms with E-state index in [0.29, 0.717) is 25.4 Å². The summed E-state index contributed by atoms with van der Waals surface area (Å²) in [6, 6.07) is 9.36. The Balaban J connectivity index is 1.66. The van der Waals surface area contributed by atoms with Gasteiger partial charge in [-0.3, -0.25) is 9.59 Å². The second kappa shape index (κ2) is 9.30. The molecule has 0 radical (unpaired) electrons. The fourth-order valence-corrected chi connectivity index (χ4v) is 3.05. The molecular weight excluding hydrogens is 292 g/mol. The van der Waals surface area contributed by atoms with Crippen molar-refractivity contribution in [3.8, 4) is 0 Å². The minimum atomic E-state index is -0.620. The molecule has 0 heterocycles. The van der Waals surface area contributed by atoms with E-state index in [0.717, 1.165) is 18.4 Å². The maximum Gasteiger partial charge on any atom is 0.253 e. The Hall–Kier alpha value is -1.88. The van der Waals surface area contributed by atoms with Gasteiger partial charge in [-0.25, -0.2) is 0 Å². The first-order valence-electron chi connectivity index (χ1n) is 8.33. The van der Waals surface area contributed by atoms with Crippen LogP contribution in [0.25, 0.3) is 0 Å². The number of carbonyl (C=O) groups is 2. The van der Waals surface area contributed by atoms with Gasteiger partial charge in [0, 0.05) is 26.6 Å². The van der Waals surface area contributed by atoms with Crippen LogP contribution in [0.1, 0.15) is 43.8 Å².